The first-order valence-corrected chi connectivity index (χ1v) is 8.73. The Morgan fingerprint density at radius 1 is 1.04 bits per heavy atom. The maximum atomic E-state index is 12.6. The fraction of sp³-hybridized carbons (Fsp3) is 0.200. The number of aromatic hydroxyl groups is 1. The molecule has 122 valence electrons. The van der Waals surface area contributed by atoms with Crippen LogP contribution in [0.15, 0.2) is 47.3 Å². The number of hydrogen-bond donors (Lipinski definition) is 1. The van der Waals surface area contributed by atoms with E-state index in [1.807, 2.05) is 44.2 Å². The Morgan fingerprint density at radius 2 is 1.67 bits per heavy atom. The molecule has 3 aromatic rings. The third kappa shape index (κ3) is 2.97. The van der Waals surface area contributed by atoms with E-state index < -0.39 is 0 Å². The van der Waals surface area contributed by atoms with Crippen molar-refractivity contribution in [2.75, 3.05) is 0 Å². The molecule has 0 amide bonds. The summed E-state index contributed by atoms with van der Waals surface area (Å²) in [5, 5.41) is 11.1. The first-order valence-electron chi connectivity index (χ1n) is 7.91. The Morgan fingerprint density at radius 3 is 2.21 bits per heavy atom. The highest BCUT2D eigenvalue weighted by molar-refractivity contribution is 7.16. The van der Waals surface area contributed by atoms with Gasteiger partial charge < -0.3 is 5.11 Å². The first-order chi connectivity index (χ1) is 11.5. The Balaban J connectivity index is 2.19. The number of nitrogens with zero attached hydrogens (tertiary/aromatic N) is 1. The fourth-order valence-electron chi connectivity index (χ4n) is 2.97. The zero-order valence-electron chi connectivity index (χ0n) is 14.0. The lowest BCUT2D eigenvalue weighted by Gasteiger charge is -2.13. The number of benzene rings is 2. The minimum Gasteiger partial charge on any atom is -0.499 e. The molecule has 3 rings (SSSR count). The molecule has 0 unspecified atom stereocenters. The summed E-state index contributed by atoms with van der Waals surface area (Å²) in [5.74, 6) is 0. The van der Waals surface area contributed by atoms with E-state index in [1.165, 1.54) is 5.56 Å². The van der Waals surface area contributed by atoms with Gasteiger partial charge >= 0.3 is 0 Å². The van der Waals surface area contributed by atoms with E-state index >= 15 is 0 Å². The van der Waals surface area contributed by atoms with Gasteiger partial charge in [0.1, 0.15) is 10.6 Å². The molecule has 0 saturated heterocycles. The van der Waals surface area contributed by atoms with Crippen LogP contribution >= 0.6 is 11.3 Å². The lowest BCUT2D eigenvalue weighted by molar-refractivity contribution is 0.491. The minimum atomic E-state index is -0.388. The van der Waals surface area contributed by atoms with E-state index in [4.69, 9.17) is 0 Å². The van der Waals surface area contributed by atoms with E-state index in [0.717, 1.165) is 40.0 Å². The smallest absolute Gasteiger partial charge is 0.283 e. The van der Waals surface area contributed by atoms with Gasteiger partial charge in [0.25, 0.3) is 5.56 Å². The van der Waals surface area contributed by atoms with Gasteiger partial charge in [0.2, 0.25) is 0 Å². The molecule has 0 atom stereocenters. The topological polar surface area (TPSA) is 50.2 Å². The summed E-state index contributed by atoms with van der Waals surface area (Å²) in [6.45, 7) is 6.04. The summed E-state index contributed by atoms with van der Waals surface area (Å²) in [7, 11) is 0. The predicted molar refractivity (Wildman–Crippen MR) is 99.8 cm³/mol. The van der Waals surface area contributed by atoms with Gasteiger partial charge in [0.15, 0.2) is 5.06 Å². The van der Waals surface area contributed by atoms with Crippen molar-refractivity contribution >= 4 is 11.3 Å². The maximum Gasteiger partial charge on any atom is 0.283 e. The van der Waals surface area contributed by atoms with Gasteiger partial charge in [-0.05, 0) is 42.5 Å². The zero-order chi connectivity index (χ0) is 17.3. The predicted octanol–water partition coefficient (Wildman–Crippen LogP) is 4.72. The minimum absolute atomic E-state index is 0.0179. The van der Waals surface area contributed by atoms with Crippen molar-refractivity contribution in [1.29, 1.82) is 0 Å². The standard InChI is InChI=1S/C20H19NO2S/c1-4-14-10-12(2)16(13(3)11-14)17-18(22)21-19(24-20(17)23)15-8-6-5-7-9-15/h5-11,23H,4H2,1-3H3. The molecule has 0 spiro atoms. The zero-order valence-corrected chi connectivity index (χ0v) is 14.8. The van der Waals surface area contributed by atoms with Crippen molar-refractivity contribution in [3.05, 3.63) is 69.5 Å². The molecule has 1 aromatic heterocycles. The highest BCUT2D eigenvalue weighted by atomic mass is 32.1. The third-order valence-electron chi connectivity index (χ3n) is 4.10. The molecule has 1 N–H and O–H groups in total. The van der Waals surface area contributed by atoms with Crippen molar-refractivity contribution in [2.24, 2.45) is 0 Å². The SMILES string of the molecule is CCc1cc(C)c(-c2c(O)sc(-c3ccccc3)nc2=O)c(C)c1. The molecule has 0 saturated carbocycles. The van der Waals surface area contributed by atoms with Crippen LogP contribution in [-0.2, 0) is 6.42 Å². The van der Waals surface area contributed by atoms with Crippen LogP contribution in [-0.4, -0.2) is 10.1 Å². The molecule has 2 aromatic carbocycles. The van der Waals surface area contributed by atoms with Gasteiger partial charge in [-0.3, -0.25) is 4.79 Å². The van der Waals surface area contributed by atoms with Gasteiger partial charge in [-0.15, -0.1) is 0 Å². The second-order valence-electron chi connectivity index (χ2n) is 5.83. The summed E-state index contributed by atoms with van der Waals surface area (Å²) in [6, 6.07) is 13.6. The average Bonchev–Trinajstić information content (AvgIpc) is 2.57. The van der Waals surface area contributed by atoms with Crippen molar-refractivity contribution in [3.8, 4) is 26.8 Å². The molecule has 24 heavy (non-hydrogen) atoms. The van der Waals surface area contributed by atoms with Gasteiger partial charge in [0.05, 0.1) is 0 Å². The molecule has 0 radical (unpaired) electrons. The summed E-state index contributed by atoms with van der Waals surface area (Å²) in [5.41, 5.74) is 4.73. The van der Waals surface area contributed by atoms with Crippen molar-refractivity contribution in [2.45, 2.75) is 27.2 Å². The lowest BCUT2D eigenvalue weighted by Crippen LogP contribution is -2.10. The Labute approximate surface area is 145 Å². The molecule has 0 bridgehead atoms. The molecule has 0 aliphatic heterocycles. The van der Waals surface area contributed by atoms with Crippen molar-refractivity contribution in [3.63, 3.8) is 0 Å². The molecular formula is C20H19NO2S. The highest BCUT2D eigenvalue weighted by Crippen LogP contribution is 2.37. The van der Waals surface area contributed by atoms with Crippen molar-refractivity contribution < 1.29 is 5.11 Å². The molecule has 0 fully saturated rings. The number of hydrogen-bond acceptors (Lipinski definition) is 4. The van der Waals surface area contributed by atoms with Crippen LogP contribution in [0.2, 0.25) is 0 Å². The molecule has 4 heteroatoms. The van der Waals surface area contributed by atoms with Crippen LogP contribution in [0.5, 0.6) is 5.06 Å². The van der Waals surface area contributed by atoms with E-state index in [0.29, 0.717) is 10.6 Å². The van der Waals surface area contributed by atoms with Crippen molar-refractivity contribution in [1.82, 2.24) is 4.98 Å². The number of aryl methyl sites for hydroxylation is 3. The van der Waals surface area contributed by atoms with E-state index in [1.54, 1.807) is 0 Å². The Kier molecular flexibility index (Phi) is 4.49. The maximum absolute atomic E-state index is 12.6. The summed E-state index contributed by atoms with van der Waals surface area (Å²) >= 11 is 1.14. The lowest BCUT2D eigenvalue weighted by atomic mass is 9.94. The molecule has 3 nitrogen and oxygen atoms in total. The van der Waals surface area contributed by atoms with Crippen LogP contribution < -0.4 is 5.56 Å². The fourth-order valence-corrected chi connectivity index (χ4v) is 3.83. The van der Waals surface area contributed by atoms with Crippen LogP contribution in [0.1, 0.15) is 23.6 Å². The van der Waals surface area contributed by atoms with E-state index in [2.05, 4.69) is 24.0 Å². The number of rotatable bonds is 3. The largest absolute Gasteiger partial charge is 0.499 e. The van der Waals surface area contributed by atoms with Crippen LogP contribution in [0, 0.1) is 13.8 Å². The Bertz CT molecular complexity index is 923. The second-order valence-corrected chi connectivity index (χ2v) is 6.81. The van der Waals surface area contributed by atoms with Gasteiger partial charge in [-0.1, -0.05) is 60.7 Å². The van der Waals surface area contributed by atoms with E-state index in [-0.39, 0.29) is 10.6 Å². The first kappa shape index (κ1) is 16.4. The summed E-state index contributed by atoms with van der Waals surface area (Å²) < 4.78 is 0. The normalized spacial score (nSPS) is 10.8. The highest BCUT2D eigenvalue weighted by Gasteiger charge is 2.18. The summed E-state index contributed by atoms with van der Waals surface area (Å²) in [4.78, 5) is 16.8. The van der Waals surface area contributed by atoms with Crippen LogP contribution in [0.3, 0.4) is 0 Å². The molecule has 0 aliphatic carbocycles. The monoisotopic (exact) mass is 337 g/mol. The summed E-state index contributed by atoms with van der Waals surface area (Å²) in [6.07, 6.45) is 0.937. The Hall–Kier alpha value is -2.46. The molecular weight excluding hydrogens is 318 g/mol. The number of aromatic nitrogens is 1. The molecule has 1 heterocycles. The average molecular weight is 337 g/mol. The van der Waals surface area contributed by atoms with Crippen LogP contribution in [0.4, 0.5) is 0 Å². The van der Waals surface area contributed by atoms with E-state index in [9.17, 15) is 9.90 Å². The van der Waals surface area contributed by atoms with Gasteiger partial charge in [-0.2, -0.15) is 4.98 Å². The quantitative estimate of drug-likeness (QED) is 0.752. The molecule has 0 aliphatic rings. The third-order valence-corrected chi connectivity index (χ3v) is 5.01. The van der Waals surface area contributed by atoms with Gasteiger partial charge in [0, 0.05) is 5.56 Å². The second kappa shape index (κ2) is 6.57. The van der Waals surface area contributed by atoms with Crippen LogP contribution in [0.25, 0.3) is 21.7 Å². The van der Waals surface area contributed by atoms with Gasteiger partial charge in [-0.25, -0.2) is 0 Å².